The summed E-state index contributed by atoms with van der Waals surface area (Å²) in [4.78, 5) is 14.0. The third-order valence-electron chi connectivity index (χ3n) is 4.41. The molecule has 1 fully saturated rings. The molecule has 0 spiro atoms. The summed E-state index contributed by atoms with van der Waals surface area (Å²) < 4.78 is 37.3. The van der Waals surface area contributed by atoms with Gasteiger partial charge in [0, 0.05) is 18.8 Å². The molecule has 0 aromatic heterocycles. The third-order valence-corrected chi connectivity index (χ3v) is 4.80. The van der Waals surface area contributed by atoms with Crippen molar-refractivity contribution in [3.05, 3.63) is 24.3 Å². The highest BCUT2D eigenvalue weighted by Crippen LogP contribution is 2.34. The maximum atomic E-state index is 12.4. The van der Waals surface area contributed by atoms with Gasteiger partial charge in [-0.15, -0.1) is 0 Å². The standard InChI is InChI=1S/C15H21FN2O4S/c1-3-15(2)8-10-18(11-9-15)14(19)17-12-4-6-13(7-5-12)22-23(16,20)21/h4-7H,3,8-11H2,1-2H3,(H,17,19). The molecule has 23 heavy (non-hydrogen) atoms. The van der Waals surface area contributed by atoms with Gasteiger partial charge in [-0.25, -0.2) is 4.79 Å². The number of rotatable bonds is 4. The van der Waals surface area contributed by atoms with E-state index in [1.165, 1.54) is 24.3 Å². The monoisotopic (exact) mass is 344 g/mol. The van der Waals surface area contributed by atoms with E-state index < -0.39 is 10.5 Å². The van der Waals surface area contributed by atoms with E-state index in [0.29, 0.717) is 24.2 Å². The van der Waals surface area contributed by atoms with Gasteiger partial charge < -0.3 is 14.4 Å². The number of benzene rings is 1. The number of amides is 2. The largest absolute Gasteiger partial charge is 0.488 e. The average molecular weight is 344 g/mol. The van der Waals surface area contributed by atoms with Crippen molar-refractivity contribution in [1.82, 2.24) is 4.90 Å². The SMILES string of the molecule is CCC1(C)CCN(C(=O)Nc2ccc(OS(=O)(=O)F)cc2)CC1. The number of nitrogens with zero attached hydrogens (tertiary/aromatic N) is 1. The van der Waals surface area contributed by atoms with Gasteiger partial charge in [0.2, 0.25) is 0 Å². The van der Waals surface area contributed by atoms with Crippen LogP contribution in [0.1, 0.15) is 33.1 Å². The fourth-order valence-electron chi connectivity index (χ4n) is 2.51. The number of piperidine rings is 1. The van der Waals surface area contributed by atoms with Crippen LogP contribution in [0, 0.1) is 5.41 Å². The van der Waals surface area contributed by atoms with Crippen LogP contribution in [-0.2, 0) is 10.5 Å². The summed E-state index contributed by atoms with van der Waals surface area (Å²) in [5, 5.41) is 2.74. The Morgan fingerprint density at radius 3 is 2.35 bits per heavy atom. The second kappa shape index (κ2) is 6.74. The number of anilines is 1. The van der Waals surface area contributed by atoms with Crippen molar-refractivity contribution in [1.29, 1.82) is 0 Å². The topological polar surface area (TPSA) is 75.7 Å². The Balaban J connectivity index is 1.91. The van der Waals surface area contributed by atoms with Gasteiger partial charge in [0.1, 0.15) is 5.75 Å². The lowest BCUT2D eigenvalue weighted by molar-refractivity contribution is 0.133. The molecule has 1 aromatic rings. The van der Waals surface area contributed by atoms with Crippen molar-refractivity contribution in [2.75, 3.05) is 18.4 Å². The van der Waals surface area contributed by atoms with Gasteiger partial charge in [0.25, 0.3) is 0 Å². The van der Waals surface area contributed by atoms with Crippen LogP contribution in [0.15, 0.2) is 24.3 Å². The van der Waals surface area contributed by atoms with Crippen LogP contribution in [-0.4, -0.2) is 32.4 Å². The van der Waals surface area contributed by atoms with Gasteiger partial charge in [0.05, 0.1) is 0 Å². The third kappa shape index (κ3) is 5.09. The molecule has 0 aliphatic carbocycles. The molecule has 1 N–H and O–H groups in total. The van der Waals surface area contributed by atoms with Crippen LogP contribution >= 0.6 is 0 Å². The molecule has 128 valence electrons. The number of hydrogen-bond acceptors (Lipinski definition) is 4. The van der Waals surface area contributed by atoms with Crippen molar-refractivity contribution in [2.24, 2.45) is 5.41 Å². The van der Waals surface area contributed by atoms with E-state index in [0.717, 1.165) is 19.3 Å². The summed E-state index contributed by atoms with van der Waals surface area (Å²) in [5.41, 5.74) is 0.788. The number of likely N-dealkylation sites (tertiary alicyclic amines) is 1. The van der Waals surface area contributed by atoms with Gasteiger partial charge in [-0.1, -0.05) is 24.2 Å². The Kier molecular flexibility index (Phi) is 5.13. The van der Waals surface area contributed by atoms with Crippen LogP contribution in [0.25, 0.3) is 0 Å². The minimum absolute atomic E-state index is 0.151. The van der Waals surface area contributed by atoms with Crippen molar-refractivity contribution in [2.45, 2.75) is 33.1 Å². The molecule has 0 atom stereocenters. The summed E-state index contributed by atoms with van der Waals surface area (Å²) in [7, 11) is -5.04. The summed E-state index contributed by atoms with van der Waals surface area (Å²) in [6.45, 7) is 5.81. The van der Waals surface area contributed by atoms with E-state index in [-0.39, 0.29) is 11.8 Å². The average Bonchev–Trinajstić information content (AvgIpc) is 2.48. The number of carbonyl (C=O) groups is 1. The molecule has 1 aliphatic rings. The number of nitrogens with one attached hydrogen (secondary N) is 1. The van der Waals surface area contributed by atoms with Crippen LogP contribution in [0.2, 0.25) is 0 Å². The van der Waals surface area contributed by atoms with Crippen molar-refractivity contribution in [3.8, 4) is 5.75 Å². The minimum atomic E-state index is -5.04. The number of hydrogen-bond donors (Lipinski definition) is 1. The van der Waals surface area contributed by atoms with Crippen LogP contribution < -0.4 is 9.50 Å². The van der Waals surface area contributed by atoms with Crippen molar-refractivity contribution < 1.29 is 21.3 Å². The van der Waals surface area contributed by atoms with Crippen molar-refractivity contribution >= 4 is 22.2 Å². The predicted octanol–water partition coefficient (Wildman–Crippen LogP) is 3.32. The minimum Gasteiger partial charge on any atom is -0.358 e. The zero-order chi connectivity index (χ0) is 17.1. The molecule has 8 heteroatoms. The highest BCUT2D eigenvalue weighted by Gasteiger charge is 2.30. The van der Waals surface area contributed by atoms with Gasteiger partial charge in [-0.3, -0.25) is 0 Å². The lowest BCUT2D eigenvalue weighted by atomic mass is 9.78. The highest BCUT2D eigenvalue weighted by atomic mass is 32.3. The first-order valence-corrected chi connectivity index (χ1v) is 8.82. The van der Waals surface area contributed by atoms with Crippen LogP contribution in [0.4, 0.5) is 14.4 Å². The first kappa shape index (κ1) is 17.5. The lowest BCUT2D eigenvalue weighted by Gasteiger charge is -2.38. The maximum absolute atomic E-state index is 12.4. The molecule has 0 bridgehead atoms. The van der Waals surface area contributed by atoms with Crippen LogP contribution in [0.3, 0.4) is 0 Å². The predicted molar refractivity (Wildman–Crippen MR) is 85.3 cm³/mol. The van der Waals surface area contributed by atoms with Crippen LogP contribution in [0.5, 0.6) is 5.75 Å². The van der Waals surface area contributed by atoms with E-state index in [1.54, 1.807) is 4.90 Å². The molecule has 1 aromatic carbocycles. The second-order valence-corrected chi connectivity index (χ2v) is 7.04. The summed E-state index contributed by atoms with van der Waals surface area (Å²) in [5.74, 6) is -0.151. The maximum Gasteiger partial charge on any atom is 0.488 e. The zero-order valence-electron chi connectivity index (χ0n) is 13.2. The first-order chi connectivity index (χ1) is 10.7. The van der Waals surface area contributed by atoms with E-state index in [4.69, 9.17) is 0 Å². The molecular weight excluding hydrogens is 323 g/mol. The lowest BCUT2D eigenvalue weighted by Crippen LogP contribution is -2.43. The zero-order valence-corrected chi connectivity index (χ0v) is 14.0. The van der Waals surface area contributed by atoms with Gasteiger partial charge in [0.15, 0.2) is 0 Å². The Hall–Kier alpha value is -1.83. The molecule has 1 saturated heterocycles. The Morgan fingerprint density at radius 2 is 1.87 bits per heavy atom. The van der Waals surface area contributed by atoms with Gasteiger partial charge in [-0.2, -0.15) is 8.42 Å². The number of carbonyl (C=O) groups excluding carboxylic acids is 1. The molecular formula is C15H21FN2O4S. The van der Waals surface area contributed by atoms with E-state index >= 15 is 0 Å². The Labute approximate surface area is 136 Å². The normalized spacial score (nSPS) is 17.6. The molecule has 0 radical (unpaired) electrons. The Morgan fingerprint density at radius 1 is 1.30 bits per heavy atom. The second-order valence-electron chi connectivity index (χ2n) is 6.08. The molecule has 1 heterocycles. The fraction of sp³-hybridized carbons (Fsp3) is 0.533. The summed E-state index contributed by atoms with van der Waals surface area (Å²) >= 11 is 0. The van der Waals surface area contributed by atoms with Crippen molar-refractivity contribution in [3.63, 3.8) is 0 Å². The smallest absolute Gasteiger partial charge is 0.358 e. The fourth-order valence-corrected chi connectivity index (χ4v) is 2.86. The first-order valence-electron chi connectivity index (χ1n) is 7.51. The highest BCUT2D eigenvalue weighted by molar-refractivity contribution is 7.81. The molecule has 6 nitrogen and oxygen atoms in total. The molecule has 2 rings (SSSR count). The van der Waals surface area contributed by atoms with E-state index in [9.17, 15) is 17.1 Å². The quantitative estimate of drug-likeness (QED) is 0.850. The van der Waals surface area contributed by atoms with Gasteiger partial charge in [-0.05, 0) is 42.5 Å². The molecule has 0 saturated carbocycles. The Bertz CT molecular complexity index is 653. The van der Waals surface area contributed by atoms with E-state index in [1.807, 2.05) is 0 Å². The molecule has 1 aliphatic heterocycles. The number of urea groups is 1. The number of halogens is 1. The molecule has 2 amide bonds. The molecule has 0 unspecified atom stereocenters. The summed E-state index contributed by atoms with van der Waals surface area (Å²) in [6.07, 6.45) is 3.04. The van der Waals surface area contributed by atoms with E-state index in [2.05, 4.69) is 23.3 Å². The summed E-state index contributed by atoms with van der Waals surface area (Å²) in [6, 6.07) is 5.26. The van der Waals surface area contributed by atoms with Gasteiger partial charge >= 0.3 is 16.5 Å².